The number of halogens is 2. The Morgan fingerprint density at radius 3 is 2.54 bits per heavy atom. The van der Waals surface area contributed by atoms with Gasteiger partial charge in [-0.1, -0.05) is 0 Å². The zero-order valence-corrected chi connectivity index (χ0v) is 13.8. The van der Waals surface area contributed by atoms with Crippen LogP contribution in [-0.4, -0.2) is 41.5 Å². The molecule has 3 N–H and O–H groups in total. The van der Waals surface area contributed by atoms with E-state index in [1.54, 1.807) is 4.90 Å². The number of likely N-dealkylation sites (tertiary alicyclic amines) is 1. The van der Waals surface area contributed by atoms with E-state index in [-0.39, 0.29) is 11.9 Å². The fourth-order valence-corrected chi connectivity index (χ4v) is 3.49. The largest absolute Gasteiger partial charge is 0.384 e. The number of pyridine rings is 1. The summed E-state index contributed by atoms with van der Waals surface area (Å²) in [6.07, 6.45) is 2.49. The number of aromatic nitrogens is 1. The Hall–Kier alpha value is -1.92. The Kier molecular flexibility index (Phi) is 4.87. The molecule has 24 heavy (non-hydrogen) atoms. The van der Waals surface area contributed by atoms with Gasteiger partial charge in [-0.25, -0.2) is 18.6 Å². The van der Waals surface area contributed by atoms with Crippen LogP contribution in [-0.2, 0) is 0 Å². The first kappa shape index (κ1) is 16.9. The molecule has 1 aromatic heterocycles. The van der Waals surface area contributed by atoms with Crippen LogP contribution < -0.4 is 11.1 Å². The van der Waals surface area contributed by atoms with Crippen LogP contribution in [0.25, 0.3) is 0 Å². The van der Waals surface area contributed by atoms with E-state index in [2.05, 4.69) is 10.3 Å². The van der Waals surface area contributed by atoms with Gasteiger partial charge in [-0.3, -0.25) is 0 Å². The summed E-state index contributed by atoms with van der Waals surface area (Å²) in [4.78, 5) is 18.1. The minimum Gasteiger partial charge on any atom is -0.384 e. The minimum absolute atomic E-state index is 0.0602. The van der Waals surface area contributed by atoms with Crippen LogP contribution in [0.2, 0.25) is 0 Å². The maximum atomic E-state index is 13.0. The van der Waals surface area contributed by atoms with E-state index in [1.807, 2.05) is 19.2 Å². The van der Waals surface area contributed by atoms with Gasteiger partial charge in [0, 0.05) is 19.3 Å². The number of anilines is 1. The monoisotopic (exact) mass is 338 g/mol. The van der Waals surface area contributed by atoms with Crippen LogP contribution in [0.5, 0.6) is 0 Å². The van der Waals surface area contributed by atoms with E-state index in [4.69, 9.17) is 5.73 Å². The topological polar surface area (TPSA) is 71.2 Å². The summed E-state index contributed by atoms with van der Waals surface area (Å²) in [7, 11) is 0. The second kappa shape index (κ2) is 6.91. The summed E-state index contributed by atoms with van der Waals surface area (Å²) in [5, 5.41) is 2.53. The van der Waals surface area contributed by atoms with Crippen LogP contribution >= 0.6 is 0 Å². The van der Waals surface area contributed by atoms with Crippen molar-refractivity contribution in [2.45, 2.75) is 51.0 Å². The van der Waals surface area contributed by atoms with Crippen molar-refractivity contribution in [2.75, 3.05) is 18.8 Å². The van der Waals surface area contributed by atoms with Gasteiger partial charge < -0.3 is 16.0 Å². The predicted octanol–water partition coefficient (Wildman–Crippen LogP) is 2.90. The standard InChI is InChI=1S/C17H24F2N4O/c1-10-8-14(20)21-9-13(10)11-4-6-23(7-5-11)17(24)22-15(16(18)19)12-2-3-12/h8-9,11-12,15-16H,2-7H2,1H3,(H2,20,21)(H,22,24). The van der Waals surface area contributed by atoms with Gasteiger partial charge in [0.05, 0.1) is 6.04 Å². The minimum atomic E-state index is -2.50. The fraction of sp³-hybridized carbons (Fsp3) is 0.647. The summed E-state index contributed by atoms with van der Waals surface area (Å²) in [6.45, 7) is 3.15. The molecule has 0 bridgehead atoms. The number of aryl methyl sites for hydroxylation is 1. The molecular formula is C17H24F2N4O. The van der Waals surface area contributed by atoms with Gasteiger partial charge >= 0.3 is 6.03 Å². The molecule has 7 heteroatoms. The van der Waals surface area contributed by atoms with E-state index in [1.165, 1.54) is 0 Å². The molecule has 0 aromatic carbocycles. The highest BCUT2D eigenvalue weighted by Crippen LogP contribution is 2.35. The number of carbonyl (C=O) groups is 1. The number of carbonyl (C=O) groups excluding carboxylic acids is 1. The Morgan fingerprint density at radius 1 is 1.33 bits per heavy atom. The van der Waals surface area contributed by atoms with Crippen molar-refractivity contribution in [1.29, 1.82) is 0 Å². The quantitative estimate of drug-likeness (QED) is 0.887. The van der Waals surface area contributed by atoms with Gasteiger partial charge in [0.25, 0.3) is 6.43 Å². The van der Waals surface area contributed by atoms with E-state index in [0.717, 1.165) is 36.8 Å². The molecule has 1 aromatic rings. The number of alkyl halides is 2. The molecular weight excluding hydrogens is 314 g/mol. The highest BCUT2D eigenvalue weighted by atomic mass is 19.3. The second-order valence-electron chi connectivity index (χ2n) is 6.87. The van der Waals surface area contributed by atoms with E-state index >= 15 is 0 Å². The number of hydrogen-bond donors (Lipinski definition) is 2. The number of piperidine rings is 1. The number of urea groups is 1. The van der Waals surface area contributed by atoms with Crippen LogP contribution in [0.3, 0.4) is 0 Å². The summed E-state index contributed by atoms with van der Waals surface area (Å²) < 4.78 is 26.1. The summed E-state index contributed by atoms with van der Waals surface area (Å²) in [5.41, 5.74) is 7.95. The molecule has 2 amide bonds. The molecule has 1 aliphatic heterocycles. The lowest BCUT2D eigenvalue weighted by atomic mass is 9.88. The normalized spacial score (nSPS) is 20.2. The maximum absolute atomic E-state index is 13.0. The Morgan fingerprint density at radius 2 is 2.00 bits per heavy atom. The first-order chi connectivity index (χ1) is 11.5. The van der Waals surface area contributed by atoms with Crippen molar-refractivity contribution < 1.29 is 13.6 Å². The molecule has 3 rings (SSSR count). The Bertz CT molecular complexity index is 596. The lowest BCUT2D eigenvalue weighted by Gasteiger charge is -2.33. The second-order valence-corrected chi connectivity index (χ2v) is 6.87. The third-order valence-corrected chi connectivity index (χ3v) is 5.09. The number of rotatable bonds is 4. The number of hydrogen-bond acceptors (Lipinski definition) is 3. The van der Waals surface area contributed by atoms with Crippen molar-refractivity contribution >= 4 is 11.8 Å². The van der Waals surface area contributed by atoms with E-state index in [9.17, 15) is 13.6 Å². The number of nitrogens with one attached hydrogen (secondary N) is 1. The summed E-state index contributed by atoms with van der Waals surface area (Å²) in [6, 6.07) is 0.494. The van der Waals surface area contributed by atoms with Gasteiger partial charge in [-0.05, 0) is 61.6 Å². The number of nitrogens with two attached hydrogens (primary N) is 1. The van der Waals surface area contributed by atoms with Crippen LogP contribution in [0.4, 0.5) is 19.4 Å². The third kappa shape index (κ3) is 3.76. The highest BCUT2D eigenvalue weighted by molar-refractivity contribution is 5.74. The molecule has 2 aliphatic rings. The molecule has 2 heterocycles. The molecule has 1 atom stereocenters. The first-order valence-electron chi connectivity index (χ1n) is 8.51. The smallest absolute Gasteiger partial charge is 0.317 e. The van der Waals surface area contributed by atoms with E-state index < -0.39 is 12.5 Å². The van der Waals surface area contributed by atoms with Crippen LogP contribution in [0.15, 0.2) is 12.3 Å². The number of nitrogens with zero attached hydrogens (tertiary/aromatic N) is 2. The molecule has 1 saturated heterocycles. The van der Waals surface area contributed by atoms with Gasteiger partial charge in [-0.2, -0.15) is 0 Å². The third-order valence-electron chi connectivity index (χ3n) is 5.09. The molecule has 132 valence electrons. The van der Waals surface area contributed by atoms with Gasteiger partial charge in [0.15, 0.2) is 0 Å². The van der Waals surface area contributed by atoms with Crippen molar-refractivity contribution in [3.8, 4) is 0 Å². The summed E-state index contributed by atoms with van der Waals surface area (Å²) in [5.74, 6) is 0.776. The maximum Gasteiger partial charge on any atom is 0.317 e. The van der Waals surface area contributed by atoms with Crippen molar-refractivity contribution in [3.63, 3.8) is 0 Å². The zero-order chi connectivity index (χ0) is 17.3. The molecule has 2 fully saturated rings. The lowest BCUT2D eigenvalue weighted by Crippen LogP contribution is -2.50. The summed E-state index contributed by atoms with van der Waals surface area (Å²) >= 11 is 0. The lowest BCUT2D eigenvalue weighted by molar-refractivity contribution is 0.0854. The van der Waals surface area contributed by atoms with E-state index in [0.29, 0.717) is 24.8 Å². The van der Waals surface area contributed by atoms with Crippen molar-refractivity contribution in [1.82, 2.24) is 15.2 Å². The molecule has 0 radical (unpaired) electrons. The average Bonchev–Trinajstić information content (AvgIpc) is 3.37. The molecule has 1 unspecified atom stereocenters. The van der Waals surface area contributed by atoms with Crippen molar-refractivity contribution in [3.05, 3.63) is 23.4 Å². The predicted molar refractivity (Wildman–Crippen MR) is 88.0 cm³/mol. The van der Waals surface area contributed by atoms with Gasteiger partial charge in [0.1, 0.15) is 5.82 Å². The highest BCUT2D eigenvalue weighted by Gasteiger charge is 2.39. The molecule has 1 aliphatic carbocycles. The first-order valence-corrected chi connectivity index (χ1v) is 8.51. The molecule has 1 saturated carbocycles. The molecule has 0 spiro atoms. The Labute approximate surface area is 140 Å². The van der Waals surface area contributed by atoms with Gasteiger partial charge in [-0.15, -0.1) is 0 Å². The van der Waals surface area contributed by atoms with Gasteiger partial charge in [0.2, 0.25) is 0 Å². The van der Waals surface area contributed by atoms with Crippen LogP contribution in [0, 0.1) is 12.8 Å². The fourth-order valence-electron chi connectivity index (χ4n) is 3.49. The Balaban J connectivity index is 1.55. The number of nitrogen functional groups attached to an aromatic ring is 1. The molecule has 5 nitrogen and oxygen atoms in total. The zero-order valence-electron chi connectivity index (χ0n) is 13.8. The number of amides is 2. The van der Waals surface area contributed by atoms with Crippen molar-refractivity contribution in [2.24, 2.45) is 5.92 Å². The van der Waals surface area contributed by atoms with Crippen LogP contribution in [0.1, 0.15) is 42.7 Å². The average molecular weight is 338 g/mol. The SMILES string of the molecule is Cc1cc(N)ncc1C1CCN(C(=O)NC(C(F)F)C2CC2)CC1.